The Morgan fingerprint density at radius 1 is 1.32 bits per heavy atom. The predicted octanol–water partition coefficient (Wildman–Crippen LogP) is 3.01. The number of piperidine rings is 1. The fourth-order valence-electron chi connectivity index (χ4n) is 3.00. The van der Waals surface area contributed by atoms with E-state index < -0.39 is 15.8 Å². The second kappa shape index (κ2) is 7.49. The van der Waals surface area contributed by atoms with Crippen LogP contribution in [0.2, 0.25) is 0 Å². The Morgan fingerprint density at radius 3 is 2.88 bits per heavy atom. The minimum absolute atomic E-state index is 0.0729. The third kappa shape index (κ3) is 4.16. The summed E-state index contributed by atoms with van der Waals surface area (Å²) in [6, 6.07) is 9.12. The maximum Gasteiger partial charge on any atom is 0.245 e. The number of pyridine rings is 1. The molecule has 1 unspecified atom stereocenters. The first-order chi connectivity index (χ1) is 12.0. The number of aryl methyl sites for hydroxylation is 1. The number of hydrogen-bond acceptors (Lipinski definition) is 4. The first kappa shape index (κ1) is 17.8. The molecule has 1 atom stereocenters. The molecule has 0 N–H and O–H groups in total. The van der Waals surface area contributed by atoms with Gasteiger partial charge in [-0.1, -0.05) is 12.1 Å². The molecule has 0 spiro atoms. The highest BCUT2D eigenvalue weighted by atomic mass is 32.2. The fourth-order valence-corrected chi connectivity index (χ4v) is 4.62. The molecule has 1 aliphatic rings. The van der Waals surface area contributed by atoms with Crippen LogP contribution in [0.4, 0.5) is 4.39 Å². The second-order valence-electron chi connectivity index (χ2n) is 6.25. The highest BCUT2D eigenvalue weighted by Gasteiger charge is 2.32. The Labute approximate surface area is 147 Å². The zero-order valence-corrected chi connectivity index (χ0v) is 14.9. The van der Waals surface area contributed by atoms with Gasteiger partial charge in [0, 0.05) is 37.0 Å². The van der Waals surface area contributed by atoms with Crippen molar-refractivity contribution < 1.29 is 17.5 Å². The first-order valence-electron chi connectivity index (χ1n) is 8.27. The Kier molecular flexibility index (Phi) is 5.34. The lowest BCUT2D eigenvalue weighted by Crippen LogP contribution is -2.41. The molecule has 0 amide bonds. The third-order valence-electron chi connectivity index (χ3n) is 4.29. The maximum absolute atomic E-state index is 13.9. The Balaban J connectivity index is 1.67. The standard InChI is InChI=1S/C18H21FN2O3S/c1-14-11-16(8-9-20-14)24-13-15-5-4-10-21(12-15)25(22,23)18-7-3-2-6-17(18)19/h2-3,6-9,11,15H,4-5,10,12-13H2,1H3. The lowest BCUT2D eigenvalue weighted by molar-refractivity contribution is 0.180. The number of ether oxygens (including phenoxy) is 1. The van der Waals surface area contributed by atoms with Gasteiger partial charge in [-0.25, -0.2) is 12.8 Å². The monoisotopic (exact) mass is 364 g/mol. The van der Waals surface area contributed by atoms with Gasteiger partial charge in [0.1, 0.15) is 16.5 Å². The van der Waals surface area contributed by atoms with E-state index >= 15 is 0 Å². The van der Waals surface area contributed by atoms with E-state index in [1.54, 1.807) is 12.3 Å². The van der Waals surface area contributed by atoms with Gasteiger partial charge < -0.3 is 4.74 Å². The summed E-state index contributed by atoms with van der Waals surface area (Å²) in [4.78, 5) is 3.86. The van der Waals surface area contributed by atoms with Crippen LogP contribution in [0.3, 0.4) is 0 Å². The average Bonchev–Trinajstić information content (AvgIpc) is 2.60. The van der Waals surface area contributed by atoms with E-state index in [1.165, 1.54) is 28.6 Å². The lowest BCUT2D eigenvalue weighted by Gasteiger charge is -2.31. The van der Waals surface area contributed by atoms with Crippen LogP contribution in [0, 0.1) is 18.7 Å². The van der Waals surface area contributed by atoms with Crippen molar-refractivity contribution in [3.05, 3.63) is 54.1 Å². The third-order valence-corrected chi connectivity index (χ3v) is 6.19. The van der Waals surface area contributed by atoms with Gasteiger partial charge >= 0.3 is 0 Å². The van der Waals surface area contributed by atoms with Crippen LogP contribution < -0.4 is 4.74 Å². The highest BCUT2D eigenvalue weighted by Crippen LogP contribution is 2.26. The zero-order chi connectivity index (χ0) is 17.9. The zero-order valence-electron chi connectivity index (χ0n) is 14.1. The van der Waals surface area contributed by atoms with Crippen LogP contribution in [-0.4, -0.2) is 37.4 Å². The number of benzene rings is 1. The minimum atomic E-state index is -3.82. The maximum atomic E-state index is 13.9. The van der Waals surface area contributed by atoms with Gasteiger partial charge in [-0.15, -0.1) is 0 Å². The summed E-state index contributed by atoms with van der Waals surface area (Å²) in [5.41, 5.74) is 0.866. The van der Waals surface area contributed by atoms with Crippen LogP contribution in [-0.2, 0) is 10.0 Å². The molecule has 0 aliphatic carbocycles. The van der Waals surface area contributed by atoms with E-state index in [2.05, 4.69) is 4.98 Å². The molecular weight excluding hydrogens is 343 g/mol. The van der Waals surface area contributed by atoms with Crippen molar-refractivity contribution >= 4 is 10.0 Å². The van der Waals surface area contributed by atoms with Crippen LogP contribution in [0.25, 0.3) is 0 Å². The molecular formula is C18H21FN2O3S. The summed E-state index contributed by atoms with van der Waals surface area (Å²) in [7, 11) is -3.82. The largest absolute Gasteiger partial charge is 0.493 e. The van der Waals surface area contributed by atoms with Gasteiger partial charge in [0.15, 0.2) is 0 Å². The number of rotatable bonds is 5. The predicted molar refractivity (Wildman–Crippen MR) is 92.4 cm³/mol. The molecule has 2 heterocycles. The van der Waals surface area contributed by atoms with Gasteiger partial charge in [-0.05, 0) is 38.0 Å². The minimum Gasteiger partial charge on any atom is -0.493 e. The van der Waals surface area contributed by atoms with Gasteiger partial charge in [-0.2, -0.15) is 4.31 Å². The Bertz CT molecular complexity index is 842. The summed E-state index contributed by atoms with van der Waals surface area (Å²) in [6.45, 7) is 3.05. The summed E-state index contributed by atoms with van der Waals surface area (Å²) in [6.07, 6.45) is 3.30. The first-order valence-corrected chi connectivity index (χ1v) is 9.71. The van der Waals surface area contributed by atoms with Crippen molar-refractivity contribution in [2.75, 3.05) is 19.7 Å². The molecule has 2 aromatic rings. The van der Waals surface area contributed by atoms with Crippen molar-refractivity contribution in [2.45, 2.75) is 24.7 Å². The van der Waals surface area contributed by atoms with Crippen LogP contribution >= 0.6 is 0 Å². The fraction of sp³-hybridized carbons (Fsp3) is 0.389. The van der Waals surface area contributed by atoms with Gasteiger partial charge in [-0.3, -0.25) is 4.98 Å². The quantitative estimate of drug-likeness (QED) is 0.818. The highest BCUT2D eigenvalue weighted by molar-refractivity contribution is 7.89. The summed E-state index contributed by atoms with van der Waals surface area (Å²) in [5.74, 6) is 0.0819. The normalized spacial score (nSPS) is 18.9. The SMILES string of the molecule is Cc1cc(OCC2CCCN(S(=O)(=O)c3ccccc3F)C2)ccn1. The second-order valence-corrected chi connectivity index (χ2v) is 8.15. The van der Waals surface area contributed by atoms with E-state index in [0.29, 0.717) is 19.7 Å². The molecule has 0 radical (unpaired) electrons. The lowest BCUT2D eigenvalue weighted by atomic mass is 10.0. The average molecular weight is 364 g/mol. The smallest absolute Gasteiger partial charge is 0.245 e. The van der Waals surface area contributed by atoms with Crippen molar-refractivity contribution in [1.82, 2.24) is 9.29 Å². The molecule has 7 heteroatoms. The molecule has 0 bridgehead atoms. The molecule has 0 saturated carbocycles. The molecule has 134 valence electrons. The molecule has 1 saturated heterocycles. The Hall–Kier alpha value is -1.99. The number of aromatic nitrogens is 1. The molecule has 1 fully saturated rings. The van der Waals surface area contributed by atoms with Crippen LogP contribution in [0.5, 0.6) is 5.75 Å². The van der Waals surface area contributed by atoms with Crippen molar-refractivity contribution in [2.24, 2.45) is 5.92 Å². The summed E-state index contributed by atoms with van der Waals surface area (Å²) >= 11 is 0. The molecule has 1 aliphatic heterocycles. The van der Waals surface area contributed by atoms with E-state index in [0.717, 1.165) is 24.3 Å². The molecule has 5 nitrogen and oxygen atoms in total. The molecule has 1 aromatic heterocycles. The van der Waals surface area contributed by atoms with Crippen LogP contribution in [0.1, 0.15) is 18.5 Å². The van der Waals surface area contributed by atoms with E-state index in [1.807, 2.05) is 13.0 Å². The van der Waals surface area contributed by atoms with E-state index in [-0.39, 0.29) is 10.8 Å². The van der Waals surface area contributed by atoms with E-state index in [9.17, 15) is 12.8 Å². The number of hydrogen-bond donors (Lipinski definition) is 0. The summed E-state index contributed by atoms with van der Waals surface area (Å²) in [5, 5.41) is 0. The summed E-state index contributed by atoms with van der Waals surface area (Å²) < 4.78 is 46.5. The van der Waals surface area contributed by atoms with Gasteiger partial charge in [0.2, 0.25) is 10.0 Å². The molecule has 1 aromatic carbocycles. The van der Waals surface area contributed by atoms with Crippen molar-refractivity contribution in [3.8, 4) is 5.75 Å². The van der Waals surface area contributed by atoms with Crippen molar-refractivity contribution in [1.29, 1.82) is 0 Å². The van der Waals surface area contributed by atoms with Crippen LogP contribution in [0.15, 0.2) is 47.5 Å². The van der Waals surface area contributed by atoms with E-state index in [4.69, 9.17) is 4.74 Å². The molecule has 25 heavy (non-hydrogen) atoms. The number of halogens is 1. The molecule has 3 rings (SSSR count). The topological polar surface area (TPSA) is 59.5 Å². The number of nitrogens with zero attached hydrogens (tertiary/aromatic N) is 2. The van der Waals surface area contributed by atoms with Crippen molar-refractivity contribution in [3.63, 3.8) is 0 Å². The number of sulfonamides is 1. The van der Waals surface area contributed by atoms with Gasteiger partial charge in [0.05, 0.1) is 6.61 Å². The Morgan fingerprint density at radius 2 is 2.12 bits per heavy atom. The van der Waals surface area contributed by atoms with Gasteiger partial charge in [0.25, 0.3) is 0 Å².